The molecule has 10 nitrogen and oxygen atoms in total. The molecule has 0 saturated carbocycles. The number of fused-ring (bicyclic) bond motifs is 1. The number of ether oxygens (including phenoxy) is 2. The minimum absolute atomic E-state index is 0.0169. The summed E-state index contributed by atoms with van der Waals surface area (Å²) in [6.07, 6.45) is 5.39. The zero-order chi connectivity index (χ0) is 28.2. The summed E-state index contributed by atoms with van der Waals surface area (Å²) < 4.78 is 13.2. The summed E-state index contributed by atoms with van der Waals surface area (Å²) in [7, 11) is 0. The molecule has 0 radical (unpaired) electrons. The first kappa shape index (κ1) is 27.0. The van der Waals surface area contributed by atoms with Crippen molar-refractivity contribution in [2.75, 3.05) is 37.7 Å². The van der Waals surface area contributed by atoms with Crippen molar-refractivity contribution >= 4 is 23.3 Å². The number of piperazine rings is 1. The lowest BCUT2D eigenvalue weighted by molar-refractivity contribution is -0.121. The number of amides is 1. The van der Waals surface area contributed by atoms with Crippen LogP contribution in [-0.2, 0) is 17.9 Å². The van der Waals surface area contributed by atoms with Gasteiger partial charge in [-0.25, -0.2) is 9.97 Å². The third-order valence-electron chi connectivity index (χ3n) is 7.31. The van der Waals surface area contributed by atoms with Crippen LogP contribution in [0.25, 0.3) is 5.95 Å². The first-order valence-electron chi connectivity index (χ1n) is 13.7. The number of anilines is 1. The fourth-order valence-corrected chi connectivity index (χ4v) is 5.38. The lowest BCUT2D eigenvalue weighted by Crippen LogP contribution is -2.54. The molecule has 1 amide bonds. The summed E-state index contributed by atoms with van der Waals surface area (Å²) in [6.45, 7) is 6.53. The van der Waals surface area contributed by atoms with Gasteiger partial charge in [-0.1, -0.05) is 47.5 Å². The number of halogens is 1. The topological polar surface area (TPSA) is 97.6 Å². The molecule has 41 heavy (non-hydrogen) atoms. The van der Waals surface area contributed by atoms with E-state index in [1.807, 2.05) is 31.2 Å². The number of aromatic nitrogens is 4. The lowest BCUT2D eigenvalue weighted by Gasteiger charge is -2.42. The molecule has 1 unspecified atom stereocenters. The summed E-state index contributed by atoms with van der Waals surface area (Å²) in [5.41, 5.74) is 3.39. The third-order valence-corrected chi connectivity index (χ3v) is 7.50. The number of carbonyl (C=O) groups excluding carboxylic acids is 1. The number of hydrogen-bond donors (Lipinski definition) is 1. The highest BCUT2D eigenvalue weighted by Gasteiger charge is 2.31. The van der Waals surface area contributed by atoms with E-state index in [-0.39, 0.29) is 11.9 Å². The van der Waals surface area contributed by atoms with Crippen LogP contribution >= 0.6 is 11.6 Å². The molecule has 4 aromatic rings. The van der Waals surface area contributed by atoms with Gasteiger partial charge in [0.15, 0.2) is 11.5 Å². The standard InChI is InChI=1S/C30H32ClN7O3/c1-21-2-4-22(5-3-21)17-33-29(39)15-24-19-36(18-23-6-7-25-26(14-23)41-13-12-40-25)10-11-38(24)28-16-27(31)34-30(35-28)37-9-8-32-20-37/h2-9,14,16,20,24H,10-13,15,17-19H2,1H3,(H,33,39). The van der Waals surface area contributed by atoms with E-state index in [1.165, 1.54) is 5.56 Å². The Hall–Kier alpha value is -4.15. The normalized spacial score (nSPS) is 16.9. The van der Waals surface area contributed by atoms with Crippen LogP contribution in [-0.4, -0.2) is 69.2 Å². The zero-order valence-corrected chi connectivity index (χ0v) is 23.6. The second-order valence-electron chi connectivity index (χ2n) is 10.3. The SMILES string of the molecule is Cc1ccc(CNC(=O)CC2CN(Cc3ccc4c(c3)OCCO4)CCN2c2cc(Cl)nc(-n3ccnc3)n2)cc1. The second-order valence-corrected chi connectivity index (χ2v) is 10.7. The van der Waals surface area contributed by atoms with Gasteiger partial charge in [-0.3, -0.25) is 14.3 Å². The van der Waals surface area contributed by atoms with Crippen molar-refractivity contribution in [3.8, 4) is 17.4 Å². The lowest BCUT2D eigenvalue weighted by atomic mass is 10.1. The highest BCUT2D eigenvalue weighted by Crippen LogP contribution is 2.32. The van der Waals surface area contributed by atoms with Gasteiger partial charge >= 0.3 is 0 Å². The van der Waals surface area contributed by atoms with E-state index in [0.717, 1.165) is 35.7 Å². The molecule has 2 aromatic heterocycles. The molecule has 212 valence electrons. The maximum atomic E-state index is 13.2. The molecule has 0 spiro atoms. The molecule has 1 N–H and O–H groups in total. The average Bonchev–Trinajstić information content (AvgIpc) is 3.52. The van der Waals surface area contributed by atoms with Gasteiger partial charge in [0.25, 0.3) is 0 Å². The maximum absolute atomic E-state index is 13.2. The Morgan fingerprint density at radius 1 is 1.02 bits per heavy atom. The second kappa shape index (κ2) is 12.2. The van der Waals surface area contributed by atoms with Crippen molar-refractivity contribution in [3.05, 3.63) is 89.1 Å². The van der Waals surface area contributed by atoms with Gasteiger partial charge in [-0.2, -0.15) is 4.98 Å². The van der Waals surface area contributed by atoms with Gasteiger partial charge in [0.2, 0.25) is 11.9 Å². The van der Waals surface area contributed by atoms with Crippen molar-refractivity contribution in [3.63, 3.8) is 0 Å². The monoisotopic (exact) mass is 573 g/mol. The molecule has 2 aliphatic rings. The largest absolute Gasteiger partial charge is 0.486 e. The highest BCUT2D eigenvalue weighted by molar-refractivity contribution is 6.29. The molecule has 1 fully saturated rings. The van der Waals surface area contributed by atoms with Gasteiger partial charge in [0, 0.05) is 57.6 Å². The van der Waals surface area contributed by atoms with Crippen LogP contribution in [0.3, 0.4) is 0 Å². The Morgan fingerprint density at radius 2 is 1.83 bits per heavy atom. The van der Waals surface area contributed by atoms with Crippen LogP contribution in [0, 0.1) is 6.92 Å². The number of imidazole rings is 1. The minimum atomic E-state index is -0.124. The Kier molecular flexibility index (Phi) is 8.02. The Labute approximate surface area is 243 Å². The van der Waals surface area contributed by atoms with Gasteiger partial charge in [0.1, 0.15) is 30.5 Å². The van der Waals surface area contributed by atoms with Crippen molar-refractivity contribution in [1.29, 1.82) is 0 Å². The predicted octanol–water partition coefficient (Wildman–Crippen LogP) is 3.79. The van der Waals surface area contributed by atoms with E-state index >= 15 is 0 Å². The van der Waals surface area contributed by atoms with Crippen molar-refractivity contribution in [2.45, 2.75) is 32.5 Å². The number of rotatable bonds is 8. The smallest absolute Gasteiger partial charge is 0.238 e. The number of nitrogens with zero attached hydrogens (tertiary/aromatic N) is 6. The first-order chi connectivity index (χ1) is 20.0. The van der Waals surface area contributed by atoms with E-state index in [0.29, 0.717) is 56.2 Å². The van der Waals surface area contributed by atoms with Gasteiger partial charge in [0.05, 0.1) is 6.04 Å². The quantitative estimate of drug-likeness (QED) is 0.318. The van der Waals surface area contributed by atoms with Crippen LogP contribution in [0.15, 0.2) is 67.3 Å². The van der Waals surface area contributed by atoms with Gasteiger partial charge < -0.3 is 19.7 Å². The minimum Gasteiger partial charge on any atom is -0.486 e. The summed E-state index contributed by atoms with van der Waals surface area (Å²) >= 11 is 6.44. The number of hydrogen-bond acceptors (Lipinski definition) is 8. The Morgan fingerprint density at radius 3 is 2.63 bits per heavy atom. The molecule has 2 aromatic carbocycles. The zero-order valence-electron chi connectivity index (χ0n) is 22.9. The van der Waals surface area contributed by atoms with Crippen LogP contribution in [0.1, 0.15) is 23.1 Å². The molecule has 2 aliphatic heterocycles. The maximum Gasteiger partial charge on any atom is 0.238 e. The van der Waals surface area contributed by atoms with Gasteiger partial charge in [-0.05, 0) is 30.2 Å². The van der Waals surface area contributed by atoms with Crippen LogP contribution in [0.5, 0.6) is 11.5 Å². The van der Waals surface area contributed by atoms with Crippen LogP contribution in [0.2, 0.25) is 5.15 Å². The van der Waals surface area contributed by atoms with Crippen LogP contribution < -0.4 is 19.7 Å². The molecule has 11 heteroatoms. The first-order valence-corrected chi connectivity index (χ1v) is 14.1. The van der Waals surface area contributed by atoms with Crippen molar-refractivity contribution in [1.82, 2.24) is 29.7 Å². The summed E-state index contributed by atoms with van der Waals surface area (Å²) in [5, 5.41) is 3.43. The fourth-order valence-electron chi connectivity index (χ4n) is 5.21. The van der Waals surface area contributed by atoms with E-state index in [1.54, 1.807) is 29.4 Å². The summed E-state index contributed by atoms with van der Waals surface area (Å²) in [4.78, 5) is 31.0. The molecular formula is C30H32ClN7O3. The molecule has 6 rings (SSSR count). The number of aryl methyl sites for hydroxylation is 1. The van der Waals surface area contributed by atoms with E-state index < -0.39 is 0 Å². The molecule has 4 heterocycles. The van der Waals surface area contributed by atoms with E-state index in [9.17, 15) is 4.79 Å². The van der Waals surface area contributed by atoms with Gasteiger partial charge in [-0.15, -0.1) is 0 Å². The van der Waals surface area contributed by atoms with Crippen LogP contribution in [0.4, 0.5) is 5.82 Å². The molecule has 1 saturated heterocycles. The van der Waals surface area contributed by atoms with E-state index in [2.05, 4.69) is 43.3 Å². The third kappa shape index (κ3) is 6.61. The average molecular weight is 574 g/mol. The molecular weight excluding hydrogens is 542 g/mol. The number of benzene rings is 2. The highest BCUT2D eigenvalue weighted by atomic mass is 35.5. The van der Waals surface area contributed by atoms with E-state index in [4.69, 9.17) is 26.1 Å². The fraction of sp³-hybridized carbons (Fsp3) is 0.333. The molecule has 1 atom stereocenters. The predicted molar refractivity (Wildman–Crippen MR) is 156 cm³/mol. The Balaban J connectivity index is 1.20. The molecule has 0 aliphatic carbocycles. The van der Waals surface area contributed by atoms with Crippen molar-refractivity contribution in [2.24, 2.45) is 0 Å². The number of nitrogens with one attached hydrogen (secondary N) is 1. The summed E-state index contributed by atoms with van der Waals surface area (Å²) in [5.74, 6) is 2.66. The molecule has 0 bridgehead atoms. The number of carbonyl (C=O) groups is 1. The Bertz CT molecular complexity index is 1500. The van der Waals surface area contributed by atoms with Crippen molar-refractivity contribution < 1.29 is 14.3 Å². The summed E-state index contributed by atoms with van der Waals surface area (Å²) in [6, 6.07) is 15.9.